The molecule has 2 aromatic carbocycles. The summed E-state index contributed by atoms with van der Waals surface area (Å²) in [5.41, 5.74) is 3.34. The zero-order chi connectivity index (χ0) is 20.7. The summed E-state index contributed by atoms with van der Waals surface area (Å²) in [5, 5.41) is 17.7. The third-order valence-corrected chi connectivity index (χ3v) is 5.51. The largest absolute Gasteiger partial charge is 0.508 e. The summed E-state index contributed by atoms with van der Waals surface area (Å²) in [5.74, 6) is 2.19. The van der Waals surface area contributed by atoms with Crippen molar-refractivity contribution < 1.29 is 14.6 Å². The number of nitrogens with one attached hydrogen (secondary N) is 1. The van der Waals surface area contributed by atoms with Crippen LogP contribution in [0.5, 0.6) is 11.5 Å². The number of aromatic hydroxyl groups is 1. The predicted molar refractivity (Wildman–Crippen MR) is 112 cm³/mol. The lowest BCUT2D eigenvalue weighted by Crippen LogP contribution is -2.31. The molecule has 0 amide bonds. The van der Waals surface area contributed by atoms with E-state index >= 15 is 0 Å². The number of carbonyl (C=O) groups is 1. The lowest BCUT2D eigenvalue weighted by atomic mass is 9.85. The molecule has 7 heteroatoms. The molecule has 1 aromatic heterocycles. The van der Waals surface area contributed by atoms with Gasteiger partial charge < -0.3 is 15.2 Å². The van der Waals surface area contributed by atoms with Crippen LogP contribution >= 0.6 is 0 Å². The molecule has 7 nitrogen and oxygen atoms in total. The molecule has 0 fully saturated rings. The molecule has 1 atom stereocenters. The van der Waals surface area contributed by atoms with Crippen molar-refractivity contribution in [2.24, 2.45) is 0 Å². The highest BCUT2D eigenvalue weighted by molar-refractivity contribution is 5.99. The molecule has 5 rings (SSSR count). The van der Waals surface area contributed by atoms with Crippen molar-refractivity contribution in [1.29, 1.82) is 0 Å². The van der Waals surface area contributed by atoms with Crippen molar-refractivity contribution in [1.82, 2.24) is 14.8 Å². The maximum absolute atomic E-state index is 13.0. The van der Waals surface area contributed by atoms with Crippen LogP contribution in [-0.2, 0) is 4.79 Å². The average Bonchev–Trinajstić information content (AvgIpc) is 3.17. The van der Waals surface area contributed by atoms with E-state index in [9.17, 15) is 9.90 Å². The molecule has 0 saturated carbocycles. The number of benzene rings is 2. The first kappa shape index (κ1) is 18.4. The van der Waals surface area contributed by atoms with E-state index in [1.807, 2.05) is 31.2 Å². The molecular formula is C23H22N4O3. The Morgan fingerprint density at radius 2 is 1.97 bits per heavy atom. The number of anilines is 1. The van der Waals surface area contributed by atoms with Crippen LogP contribution in [0.2, 0.25) is 0 Å². The lowest BCUT2D eigenvalue weighted by Gasteiger charge is -2.32. The van der Waals surface area contributed by atoms with Crippen LogP contribution in [0.3, 0.4) is 0 Å². The number of phenols is 1. The number of allylic oxidation sites excluding steroid dienone is 2. The minimum absolute atomic E-state index is 0.132. The zero-order valence-electron chi connectivity index (χ0n) is 16.6. The molecule has 1 aliphatic heterocycles. The van der Waals surface area contributed by atoms with Crippen LogP contribution in [0, 0.1) is 0 Å². The van der Waals surface area contributed by atoms with Crippen molar-refractivity contribution in [3.63, 3.8) is 0 Å². The number of hydrogen-bond acceptors (Lipinski definition) is 6. The van der Waals surface area contributed by atoms with Gasteiger partial charge in [-0.25, -0.2) is 4.68 Å². The number of rotatable bonds is 4. The lowest BCUT2D eigenvalue weighted by molar-refractivity contribution is -0.116. The first-order chi connectivity index (χ1) is 14.7. The maximum Gasteiger partial charge on any atom is 0.226 e. The normalized spacial score (nSPS) is 17.9. The van der Waals surface area contributed by atoms with Gasteiger partial charge in [-0.2, -0.15) is 4.98 Å². The Morgan fingerprint density at radius 1 is 1.17 bits per heavy atom. The third-order valence-electron chi connectivity index (χ3n) is 5.51. The van der Waals surface area contributed by atoms with E-state index in [1.54, 1.807) is 28.9 Å². The summed E-state index contributed by atoms with van der Waals surface area (Å²) in [6.07, 6.45) is 2.15. The second-order valence-corrected chi connectivity index (χ2v) is 7.42. The van der Waals surface area contributed by atoms with Crippen molar-refractivity contribution in [3.8, 4) is 22.9 Å². The summed E-state index contributed by atoms with van der Waals surface area (Å²) < 4.78 is 7.66. The number of nitrogens with zero attached hydrogens (tertiary/aromatic N) is 3. The van der Waals surface area contributed by atoms with E-state index in [4.69, 9.17) is 14.8 Å². The van der Waals surface area contributed by atoms with Gasteiger partial charge in [0.1, 0.15) is 17.5 Å². The Morgan fingerprint density at radius 3 is 2.77 bits per heavy atom. The van der Waals surface area contributed by atoms with Gasteiger partial charge in [-0.05, 0) is 50.1 Å². The van der Waals surface area contributed by atoms with Gasteiger partial charge in [-0.15, -0.1) is 5.10 Å². The third kappa shape index (κ3) is 3.03. The van der Waals surface area contributed by atoms with Gasteiger partial charge in [0.2, 0.25) is 5.95 Å². The van der Waals surface area contributed by atoms with Crippen molar-refractivity contribution in [2.75, 3.05) is 11.9 Å². The highest BCUT2D eigenvalue weighted by Gasteiger charge is 2.38. The Balaban J connectivity index is 1.68. The van der Waals surface area contributed by atoms with E-state index in [0.29, 0.717) is 24.8 Å². The van der Waals surface area contributed by atoms with Crippen LogP contribution < -0.4 is 10.1 Å². The second kappa shape index (κ2) is 7.33. The number of aromatic nitrogens is 3. The maximum atomic E-state index is 13.0. The van der Waals surface area contributed by atoms with Crippen molar-refractivity contribution in [2.45, 2.75) is 32.2 Å². The van der Waals surface area contributed by atoms with Gasteiger partial charge in [0.05, 0.1) is 6.61 Å². The fourth-order valence-corrected chi connectivity index (χ4v) is 4.17. The summed E-state index contributed by atoms with van der Waals surface area (Å²) in [4.78, 5) is 17.7. The van der Waals surface area contributed by atoms with E-state index in [0.717, 1.165) is 41.0 Å². The van der Waals surface area contributed by atoms with Crippen LogP contribution in [0.25, 0.3) is 11.4 Å². The molecule has 0 saturated heterocycles. The van der Waals surface area contributed by atoms with E-state index < -0.39 is 6.04 Å². The molecule has 152 valence electrons. The SMILES string of the molecule is CCOc1ccccc1C1C2=C(CCCC2=O)Nc2nc(-c3ccc(O)cc3)nn21. The second-order valence-electron chi connectivity index (χ2n) is 7.42. The first-order valence-electron chi connectivity index (χ1n) is 10.2. The molecule has 0 spiro atoms. The summed E-state index contributed by atoms with van der Waals surface area (Å²) in [6, 6.07) is 14.2. The van der Waals surface area contributed by atoms with Gasteiger partial charge >= 0.3 is 0 Å². The Labute approximate surface area is 174 Å². The molecule has 3 aromatic rings. The fraction of sp³-hybridized carbons (Fsp3) is 0.261. The molecule has 2 heterocycles. The molecular weight excluding hydrogens is 380 g/mol. The Hall–Kier alpha value is -3.61. The fourth-order valence-electron chi connectivity index (χ4n) is 4.17. The van der Waals surface area contributed by atoms with Crippen LogP contribution in [0.1, 0.15) is 37.8 Å². The van der Waals surface area contributed by atoms with Gasteiger partial charge in [-0.1, -0.05) is 18.2 Å². The number of carbonyl (C=O) groups excluding carboxylic acids is 1. The number of fused-ring (bicyclic) bond motifs is 1. The smallest absolute Gasteiger partial charge is 0.226 e. The van der Waals surface area contributed by atoms with Gasteiger partial charge in [0.15, 0.2) is 11.6 Å². The van der Waals surface area contributed by atoms with Crippen LogP contribution in [-0.4, -0.2) is 32.3 Å². The van der Waals surface area contributed by atoms with Gasteiger partial charge in [0, 0.05) is 28.8 Å². The number of hydrogen-bond donors (Lipinski definition) is 2. The standard InChI is InChI=1S/C23H22N4O3/c1-2-30-19-9-4-3-6-16(19)21-20-17(7-5-8-18(20)29)24-23-25-22(26-27(21)23)14-10-12-15(28)13-11-14/h3-4,6,9-13,21,28H,2,5,7-8H2,1H3,(H,24,25,26). The Kier molecular flexibility index (Phi) is 4.50. The summed E-state index contributed by atoms with van der Waals surface area (Å²) >= 11 is 0. The number of para-hydroxylation sites is 1. The van der Waals surface area contributed by atoms with Crippen molar-refractivity contribution >= 4 is 11.7 Å². The summed E-state index contributed by atoms with van der Waals surface area (Å²) in [7, 11) is 0. The van der Waals surface area contributed by atoms with Gasteiger partial charge in [0.25, 0.3) is 0 Å². The topological polar surface area (TPSA) is 89.3 Å². The molecule has 0 bridgehead atoms. The monoisotopic (exact) mass is 402 g/mol. The molecule has 30 heavy (non-hydrogen) atoms. The molecule has 0 radical (unpaired) electrons. The number of phenolic OH excluding ortho intramolecular Hbond substituents is 1. The summed E-state index contributed by atoms with van der Waals surface area (Å²) in [6.45, 7) is 2.48. The highest BCUT2D eigenvalue weighted by atomic mass is 16.5. The van der Waals surface area contributed by atoms with E-state index in [1.165, 1.54) is 0 Å². The molecule has 1 unspecified atom stereocenters. The number of ether oxygens (including phenoxy) is 1. The first-order valence-corrected chi connectivity index (χ1v) is 10.2. The number of Topliss-reactive ketones (excluding diaryl/α,β-unsaturated/α-hetero) is 1. The minimum Gasteiger partial charge on any atom is -0.508 e. The zero-order valence-corrected chi connectivity index (χ0v) is 16.6. The molecule has 2 N–H and O–H groups in total. The molecule has 1 aliphatic carbocycles. The number of ketones is 1. The minimum atomic E-state index is -0.398. The highest BCUT2D eigenvalue weighted by Crippen LogP contribution is 2.43. The van der Waals surface area contributed by atoms with Crippen LogP contribution in [0.4, 0.5) is 5.95 Å². The van der Waals surface area contributed by atoms with E-state index in [-0.39, 0.29) is 11.5 Å². The predicted octanol–water partition coefficient (Wildman–Crippen LogP) is 4.07. The quantitative estimate of drug-likeness (QED) is 0.684. The van der Waals surface area contributed by atoms with E-state index in [2.05, 4.69) is 5.32 Å². The van der Waals surface area contributed by atoms with Crippen LogP contribution in [0.15, 0.2) is 59.8 Å². The average molecular weight is 402 g/mol. The van der Waals surface area contributed by atoms with Crippen molar-refractivity contribution in [3.05, 3.63) is 65.4 Å². The Bertz CT molecular complexity index is 1150. The molecule has 2 aliphatic rings. The van der Waals surface area contributed by atoms with Gasteiger partial charge in [-0.3, -0.25) is 4.79 Å².